The minimum atomic E-state index is -1.47. The molecule has 4 nitrogen and oxygen atoms in total. The molecule has 0 radical (unpaired) electrons. The molecule has 1 aromatic carbocycles. The van der Waals surface area contributed by atoms with Crippen LogP contribution in [0.2, 0.25) is 19.6 Å². The van der Waals surface area contributed by atoms with Crippen molar-refractivity contribution < 1.29 is 9.31 Å². The van der Waals surface area contributed by atoms with E-state index in [-0.39, 0.29) is 18.3 Å². The van der Waals surface area contributed by atoms with E-state index in [1.807, 2.05) is 0 Å². The zero-order valence-corrected chi connectivity index (χ0v) is 21.5. The van der Waals surface area contributed by atoms with Gasteiger partial charge in [-0.3, -0.25) is 4.90 Å². The van der Waals surface area contributed by atoms with Crippen LogP contribution < -0.4 is 10.8 Å². The van der Waals surface area contributed by atoms with E-state index in [9.17, 15) is 0 Å². The van der Waals surface area contributed by atoms with Gasteiger partial charge in [0.15, 0.2) is 0 Å². The van der Waals surface area contributed by atoms with Gasteiger partial charge in [-0.15, -0.1) is 5.54 Å². The molecule has 1 aromatic rings. The molecule has 6 heteroatoms. The molecular weight excluding hydrogens is 387 g/mol. The Hall–Kier alpha value is -1.10. The normalized spacial score (nSPS) is 21.4. The van der Waals surface area contributed by atoms with Crippen LogP contribution in [0.25, 0.3) is 0 Å². The summed E-state index contributed by atoms with van der Waals surface area (Å²) in [6.07, 6.45) is 0. The van der Waals surface area contributed by atoms with Gasteiger partial charge >= 0.3 is 7.12 Å². The zero-order valence-electron chi connectivity index (χ0n) is 20.5. The van der Waals surface area contributed by atoms with Crippen molar-refractivity contribution in [1.82, 2.24) is 10.2 Å². The molecule has 0 unspecified atom stereocenters. The zero-order chi connectivity index (χ0) is 22.3. The van der Waals surface area contributed by atoms with Gasteiger partial charge in [0.1, 0.15) is 8.07 Å². The van der Waals surface area contributed by atoms with Gasteiger partial charge in [-0.25, -0.2) is 0 Å². The molecular formula is C24H39BN2O2Si. The molecule has 2 aliphatic heterocycles. The molecule has 0 saturated carbocycles. The number of benzene rings is 1. The average molecular weight is 426 g/mol. The summed E-state index contributed by atoms with van der Waals surface area (Å²) in [4.78, 5) is 2.53. The van der Waals surface area contributed by atoms with Crippen molar-refractivity contribution >= 4 is 20.7 Å². The molecule has 1 N–H and O–H groups in total. The maximum Gasteiger partial charge on any atom is 0.495 e. The Kier molecular flexibility index (Phi) is 6.63. The van der Waals surface area contributed by atoms with E-state index in [4.69, 9.17) is 9.31 Å². The van der Waals surface area contributed by atoms with Gasteiger partial charge in [-0.1, -0.05) is 25.6 Å². The molecule has 30 heavy (non-hydrogen) atoms. The van der Waals surface area contributed by atoms with Gasteiger partial charge < -0.3 is 14.6 Å². The summed E-state index contributed by atoms with van der Waals surface area (Å²) in [6, 6.07) is 2.31. The third-order valence-corrected chi connectivity index (χ3v) is 7.55. The Morgan fingerprint density at radius 1 is 1.03 bits per heavy atom. The second-order valence-corrected chi connectivity index (χ2v) is 15.6. The van der Waals surface area contributed by atoms with Crippen LogP contribution in [0.5, 0.6) is 0 Å². The topological polar surface area (TPSA) is 33.7 Å². The summed E-state index contributed by atoms with van der Waals surface area (Å²) < 4.78 is 12.9. The highest BCUT2D eigenvalue weighted by Gasteiger charge is 2.52. The van der Waals surface area contributed by atoms with Crippen LogP contribution in [0.3, 0.4) is 0 Å². The van der Waals surface area contributed by atoms with E-state index in [0.29, 0.717) is 0 Å². The monoisotopic (exact) mass is 426 g/mol. The van der Waals surface area contributed by atoms with E-state index < -0.39 is 8.07 Å². The lowest BCUT2D eigenvalue weighted by atomic mass is 9.71. The summed E-state index contributed by atoms with van der Waals surface area (Å²) in [7, 11) is -1.83. The van der Waals surface area contributed by atoms with Gasteiger partial charge in [0.25, 0.3) is 0 Å². The summed E-state index contributed by atoms with van der Waals surface area (Å²) in [5, 5.41) is 3.45. The molecule has 0 atom stereocenters. The van der Waals surface area contributed by atoms with Crippen LogP contribution in [0.4, 0.5) is 0 Å². The Labute approximate surface area is 185 Å². The summed E-state index contributed by atoms with van der Waals surface area (Å²) in [5.41, 5.74) is 8.97. The van der Waals surface area contributed by atoms with Gasteiger partial charge in [0.2, 0.25) is 0 Å². The van der Waals surface area contributed by atoms with Crippen LogP contribution in [-0.2, 0) is 15.9 Å². The predicted octanol–water partition coefficient (Wildman–Crippen LogP) is 3.24. The Morgan fingerprint density at radius 3 is 2.13 bits per heavy atom. The highest BCUT2D eigenvalue weighted by atomic mass is 28.3. The predicted molar refractivity (Wildman–Crippen MR) is 130 cm³/mol. The Bertz CT molecular complexity index is 843. The highest BCUT2D eigenvalue weighted by Crippen LogP contribution is 2.37. The van der Waals surface area contributed by atoms with Crippen LogP contribution in [0.15, 0.2) is 6.07 Å². The number of nitrogens with zero attached hydrogens (tertiary/aromatic N) is 1. The fourth-order valence-corrected chi connectivity index (χ4v) is 4.47. The third kappa shape index (κ3) is 5.03. The molecule has 0 spiro atoms. The fourth-order valence-electron chi connectivity index (χ4n) is 3.96. The molecule has 2 aliphatic rings. The molecule has 2 saturated heterocycles. The fraction of sp³-hybridized carbons (Fsp3) is 0.667. The summed E-state index contributed by atoms with van der Waals surface area (Å²) >= 11 is 0. The SMILES string of the molecule is Cc1c(C#C[Si](C)(C)C)cc(CN2CCNCC2)c(C)c1B1OC(C)(C)C(C)(C)O1. The Balaban J connectivity index is 2.07. The van der Waals surface area contributed by atoms with Gasteiger partial charge in [0.05, 0.1) is 11.2 Å². The van der Waals surface area contributed by atoms with Gasteiger partial charge in [-0.05, 0) is 69.8 Å². The Morgan fingerprint density at radius 2 is 1.60 bits per heavy atom. The minimum Gasteiger partial charge on any atom is -0.399 e. The third-order valence-electron chi connectivity index (χ3n) is 6.68. The maximum atomic E-state index is 6.47. The second-order valence-electron chi connectivity index (χ2n) is 10.9. The second kappa shape index (κ2) is 8.44. The molecule has 164 valence electrons. The quantitative estimate of drug-likeness (QED) is 0.595. The standard InChI is InChI=1S/C24H39BN2O2Si/c1-18-20(10-15-30(7,8)9)16-21(17-27-13-11-26-12-14-27)19(2)22(18)25-28-23(3,4)24(5,6)29-25/h16,26H,11-14,17H2,1-9H3. The molecule has 2 fully saturated rings. The molecule has 2 heterocycles. The number of hydrogen-bond acceptors (Lipinski definition) is 4. The first-order chi connectivity index (χ1) is 13.8. The average Bonchev–Trinajstić information content (AvgIpc) is 2.84. The lowest BCUT2D eigenvalue weighted by Crippen LogP contribution is -2.44. The van der Waals surface area contributed by atoms with E-state index in [2.05, 4.69) is 88.9 Å². The van der Waals surface area contributed by atoms with Crippen LogP contribution >= 0.6 is 0 Å². The number of hydrogen-bond donors (Lipinski definition) is 1. The first kappa shape index (κ1) is 23.6. The van der Waals surface area contributed by atoms with Crippen molar-refractivity contribution in [3.63, 3.8) is 0 Å². The first-order valence-corrected chi connectivity index (χ1v) is 14.8. The van der Waals surface area contributed by atoms with E-state index in [1.165, 1.54) is 22.2 Å². The van der Waals surface area contributed by atoms with E-state index in [0.717, 1.165) is 38.3 Å². The van der Waals surface area contributed by atoms with E-state index >= 15 is 0 Å². The lowest BCUT2D eigenvalue weighted by Gasteiger charge is -2.32. The molecule has 3 rings (SSSR count). The van der Waals surface area contributed by atoms with Crippen molar-refractivity contribution in [1.29, 1.82) is 0 Å². The molecule has 0 aliphatic carbocycles. The number of rotatable bonds is 3. The highest BCUT2D eigenvalue weighted by molar-refractivity contribution is 6.83. The van der Waals surface area contributed by atoms with E-state index in [1.54, 1.807) is 0 Å². The molecule has 0 bridgehead atoms. The van der Waals surface area contributed by atoms with Gasteiger partial charge in [0, 0.05) is 38.3 Å². The van der Waals surface area contributed by atoms with Gasteiger partial charge in [-0.2, -0.15) is 0 Å². The van der Waals surface area contributed by atoms with Crippen LogP contribution in [0, 0.1) is 25.3 Å². The van der Waals surface area contributed by atoms with Crippen molar-refractivity contribution in [2.75, 3.05) is 26.2 Å². The first-order valence-electron chi connectivity index (χ1n) is 11.3. The number of nitrogens with one attached hydrogen (secondary N) is 1. The largest absolute Gasteiger partial charge is 0.495 e. The van der Waals surface area contributed by atoms with Crippen molar-refractivity contribution in [3.05, 3.63) is 28.3 Å². The van der Waals surface area contributed by atoms with Crippen LogP contribution in [-0.4, -0.2) is 57.5 Å². The minimum absolute atomic E-state index is 0.352. The summed E-state index contributed by atoms with van der Waals surface area (Å²) in [5.74, 6) is 3.53. The maximum absolute atomic E-state index is 6.47. The van der Waals surface area contributed by atoms with Crippen molar-refractivity contribution in [2.24, 2.45) is 0 Å². The van der Waals surface area contributed by atoms with Crippen LogP contribution in [0.1, 0.15) is 49.9 Å². The lowest BCUT2D eigenvalue weighted by molar-refractivity contribution is 0.00578. The van der Waals surface area contributed by atoms with Crippen molar-refractivity contribution in [2.45, 2.75) is 78.9 Å². The molecule has 0 aromatic heterocycles. The van der Waals surface area contributed by atoms with Crippen molar-refractivity contribution in [3.8, 4) is 11.5 Å². The number of piperazine rings is 1. The molecule has 0 amide bonds. The smallest absolute Gasteiger partial charge is 0.399 e. The summed E-state index contributed by atoms with van der Waals surface area (Å²) in [6.45, 7) is 25.0.